The van der Waals surface area contributed by atoms with Gasteiger partial charge in [0.05, 0.1) is 17.7 Å². The van der Waals surface area contributed by atoms with Gasteiger partial charge in [0, 0.05) is 20.2 Å². The summed E-state index contributed by atoms with van der Waals surface area (Å²) in [5.41, 5.74) is 0.928. The summed E-state index contributed by atoms with van der Waals surface area (Å²) in [6, 6.07) is 6.98. The van der Waals surface area contributed by atoms with Crippen LogP contribution in [0.5, 0.6) is 0 Å². The first-order valence-corrected chi connectivity index (χ1v) is 14.5. The van der Waals surface area contributed by atoms with E-state index in [1.165, 1.54) is 0 Å². The summed E-state index contributed by atoms with van der Waals surface area (Å²) in [7, 11) is 1.75. The first kappa shape index (κ1) is 28.6. The zero-order chi connectivity index (χ0) is 27.7. The number of ether oxygens (including phenoxy) is 1. The van der Waals surface area contributed by atoms with Gasteiger partial charge in [0.2, 0.25) is 0 Å². The van der Waals surface area contributed by atoms with Crippen molar-refractivity contribution in [3.8, 4) is 0 Å². The lowest BCUT2D eigenvalue weighted by molar-refractivity contribution is -0.134. The zero-order valence-electron chi connectivity index (χ0n) is 24.2. The fourth-order valence-electron chi connectivity index (χ4n) is 6.64. The third kappa shape index (κ3) is 5.93. The van der Waals surface area contributed by atoms with E-state index in [4.69, 9.17) is 9.73 Å². The molecule has 1 aromatic carbocycles. The lowest BCUT2D eigenvalue weighted by atomic mass is 9.69. The minimum absolute atomic E-state index is 0.0204. The maximum Gasteiger partial charge on any atom is 0.335 e. The summed E-state index contributed by atoms with van der Waals surface area (Å²) in [5, 5.41) is 9.46. The van der Waals surface area contributed by atoms with E-state index in [9.17, 15) is 14.7 Å². The van der Waals surface area contributed by atoms with Crippen LogP contribution in [-0.4, -0.2) is 64.6 Å². The smallest absolute Gasteiger partial charge is 0.335 e. The van der Waals surface area contributed by atoms with Gasteiger partial charge in [-0.1, -0.05) is 46.8 Å². The number of benzene rings is 1. The van der Waals surface area contributed by atoms with Gasteiger partial charge < -0.3 is 19.6 Å². The quantitative estimate of drug-likeness (QED) is 0.462. The van der Waals surface area contributed by atoms with Crippen molar-refractivity contribution in [3.63, 3.8) is 0 Å². The molecule has 7 heteroatoms. The first-order chi connectivity index (χ1) is 17.9. The van der Waals surface area contributed by atoms with Crippen molar-refractivity contribution in [2.24, 2.45) is 22.2 Å². The predicted octanol–water partition coefficient (Wildman–Crippen LogP) is 6.15. The SMILES string of the molecule is COC1CCCN(C2=NC3(CCC(C(C)(C)C)CC3)N([C@H](CCC(C)C)c3ccc(C(=O)O)cc3)C2=O)C1. The van der Waals surface area contributed by atoms with Crippen molar-refractivity contribution in [1.29, 1.82) is 0 Å². The van der Waals surface area contributed by atoms with Gasteiger partial charge >= 0.3 is 5.97 Å². The predicted molar refractivity (Wildman–Crippen MR) is 150 cm³/mol. The highest BCUT2D eigenvalue weighted by atomic mass is 16.5. The molecule has 210 valence electrons. The van der Waals surface area contributed by atoms with Gasteiger partial charge in [0.15, 0.2) is 5.84 Å². The molecule has 3 aliphatic rings. The van der Waals surface area contributed by atoms with Crippen LogP contribution >= 0.6 is 0 Å². The minimum atomic E-state index is -0.937. The van der Waals surface area contributed by atoms with E-state index in [2.05, 4.69) is 44.4 Å². The van der Waals surface area contributed by atoms with E-state index in [0.717, 1.165) is 63.5 Å². The van der Waals surface area contributed by atoms with Crippen molar-refractivity contribution in [1.82, 2.24) is 9.80 Å². The molecule has 0 aromatic heterocycles. The second-order valence-electron chi connectivity index (χ2n) is 13.1. The summed E-state index contributed by atoms with van der Waals surface area (Å²) < 4.78 is 5.67. The van der Waals surface area contributed by atoms with Crippen LogP contribution in [0.25, 0.3) is 0 Å². The average Bonchev–Trinajstić information content (AvgIpc) is 3.15. The van der Waals surface area contributed by atoms with E-state index in [1.54, 1.807) is 19.2 Å². The molecule has 1 amide bonds. The highest BCUT2D eigenvalue weighted by Gasteiger charge is 2.53. The Labute approximate surface area is 228 Å². The van der Waals surface area contributed by atoms with Crippen molar-refractivity contribution in [2.45, 2.75) is 104 Å². The zero-order valence-corrected chi connectivity index (χ0v) is 24.2. The standard InChI is InChI=1S/C31H47N3O4/c1-21(2)9-14-26(22-10-12-23(13-11-22)29(36)37)34-28(35)27(33-19-7-8-25(20-33)38-6)32-31(34)17-15-24(16-18-31)30(3,4)5/h10-13,21,24-26H,7-9,14-20H2,1-6H3,(H,36,37)/t24?,25?,26-,31?/m1/s1. The molecule has 1 unspecified atom stereocenters. The second kappa shape index (κ2) is 11.4. The number of methoxy groups -OCH3 is 1. The molecule has 2 aliphatic heterocycles. The fourth-order valence-corrected chi connectivity index (χ4v) is 6.64. The number of nitrogens with zero attached hydrogens (tertiary/aromatic N) is 3. The average molecular weight is 526 g/mol. The largest absolute Gasteiger partial charge is 0.478 e. The van der Waals surface area contributed by atoms with Crippen LogP contribution < -0.4 is 0 Å². The van der Waals surface area contributed by atoms with Gasteiger partial charge in [0.25, 0.3) is 5.91 Å². The van der Waals surface area contributed by atoms with Crippen molar-refractivity contribution in [3.05, 3.63) is 35.4 Å². The molecule has 4 rings (SSSR count). The molecule has 0 bridgehead atoms. The Balaban J connectivity index is 1.73. The number of aliphatic imine (C=N–C) groups is 1. The van der Waals surface area contributed by atoms with Gasteiger partial charge in [-0.15, -0.1) is 0 Å². The molecule has 1 aliphatic carbocycles. The van der Waals surface area contributed by atoms with Crippen LogP contribution in [0.15, 0.2) is 29.3 Å². The molecule has 0 radical (unpaired) electrons. The molecule has 2 atom stereocenters. The van der Waals surface area contributed by atoms with E-state index in [0.29, 0.717) is 24.2 Å². The Bertz CT molecular complexity index is 1020. The van der Waals surface area contributed by atoms with Crippen LogP contribution in [0.1, 0.15) is 108 Å². The molecular formula is C31H47N3O4. The minimum Gasteiger partial charge on any atom is -0.478 e. The van der Waals surface area contributed by atoms with E-state index < -0.39 is 11.6 Å². The van der Waals surface area contributed by atoms with Crippen molar-refractivity contribution < 1.29 is 19.4 Å². The number of aromatic carboxylic acids is 1. The van der Waals surface area contributed by atoms with Crippen LogP contribution in [-0.2, 0) is 9.53 Å². The summed E-state index contributed by atoms with van der Waals surface area (Å²) in [4.78, 5) is 35.5. The number of likely N-dealkylation sites (tertiary alicyclic amines) is 1. The molecule has 1 aromatic rings. The molecule has 1 saturated heterocycles. The first-order valence-electron chi connectivity index (χ1n) is 14.5. The van der Waals surface area contributed by atoms with Gasteiger partial charge in [-0.25, -0.2) is 9.79 Å². The van der Waals surface area contributed by atoms with Crippen LogP contribution in [0.2, 0.25) is 0 Å². The van der Waals surface area contributed by atoms with Gasteiger partial charge in [-0.05, 0) is 86.3 Å². The Kier molecular flexibility index (Phi) is 8.55. The summed E-state index contributed by atoms with van der Waals surface area (Å²) >= 11 is 0. The number of carbonyl (C=O) groups excluding carboxylic acids is 1. The summed E-state index contributed by atoms with van der Waals surface area (Å²) in [5.74, 6) is 0.768. The molecule has 1 saturated carbocycles. The normalized spacial score (nSPS) is 27.2. The van der Waals surface area contributed by atoms with E-state index in [1.807, 2.05) is 12.1 Å². The lowest BCUT2D eigenvalue weighted by Gasteiger charge is -2.47. The van der Waals surface area contributed by atoms with Gasteiger partial charge in [-0.3, -0.25) is 4.79 Å². The highest BCUT2D eigenvalue weighted by molar-refractivity contribution is 6.39. The number of carboxylic acids is 1. The number of hydrogen-bond donors (Lipinski definition) is 1. The highest BCUT2D eigenvalue weighted by Crippen LogP contribution is 2.50. The molecule has 2 fully saturated rings. The Morgan fingerprint density at radius 1 is 1.13 bits per heavy atom. The maximum atomic E-state index is 14.4. The molecular weight excluding hydrogens is 478 g/mol. The fraction of sp³-hybridized carbons (Fsp3) is 0.710. The van der Waals surface area contributed by atoms with Gasteiger partial charge in [-0.2, -0.15) is 0 Å². The number of carbonyl (C=O) groups is 2. The summed E-state index contributed by atoms with van der Waals surface area (Å²) in [6.45, 7) is 12.9. The van der Waals surface area contributed by atoms with Crippen LogP contribution in [0.4, 0.5) is 0 Å². The van der Waals surface area contributed by atoms with Gasteiger partial charge in [0.1, 0.15) is 5.66 Å². The number of amidine groups is 1. The third-order valence-corrected chi connectivity index (χ3v) is 9.07. The summed E-state index contributed by atoms with van der Waals surface area (Å²) in [6.07, 6.45) is 7.69. The van der Waals surface area contributed by atoms with E-state index >= 15 is 0 Å². The number of amides is 1. The molecule has 2 heterocycles. The van der Waals surface area contributed by atoms with Crippen LogP contribution in [0, 0.1) is 17.3 Å². The lowest BCUT2D eigenvalue weighted by Crippen LogP contribution is -2.53. The topological polar surface area (TPSA) is 82.4 Å². The third-order valence-electron chi connectivity index (χ3n) is 9.07. The molecule has 1 spiro atoms. The molecule has 7 nitrogen and oxygen atoms in total. The molecule has 1 N–H and O–H groups in total. The molecule has 38 heavy (non-hydrogen) atoms. The van der Waals surface area contributed by atoms with Crippen molar-refractivity contribution >= 4 is 17.7 Å². The van der Waals surface area contributed by atoms with Crippen LogP contribution in [0.3, 0.4) is 0 Å². The van der Waals surface area contributed by atoms with Crippen molar-refractivity contribution in [2.75, 3.05) is 20.2 Å². The number of hydrogen-bond acceptors (Lipinski definition) is 5. The maximum absolute atomic E-state index is 14.4. The number of rotatable bonds is 7. The monoisotopic (exact) mass is 525 g/mol. The van der Waals surface area contributed by atoms with E-state index in [-0.39, 0.29) is 29.0 Å². The number of carboxylic acid groups (broad SMARTS) is 1. The Morgan fingerprint density at radius 3 is 2.34 bits per heavy atom. The number of piperidine rings is 1. The Morgan fingerprint density at radius 2 is 1.79 bits per heavy atom. The second-order valence-corrected chi connectivity index (χ2v) is 13.1. The Hall–Kier alpha value is -2.41.